The van der Waals surface area contributed by atoms with Gasteiger partial charge in [0.05, 0.1) is 6.61 Å². The van der Waals surface area contributed by atoms with Crippen molar-refractivity contribution < 1.29 is 24.2 Å². The number of allylic oxidation sites excluding steroid dienone is 19. The molecule has 0 saturated carbocycles. The van der Waals surface area contributed by atoms with Crippen LogP contribution < -0.4 is 0 Å². The van der Waals surface area contributed by atoms with Crippen LogP contribution in [-0.2, 0) is 19.1 Å². The van der Waals surface area contributed by atoms with E-state index in [0.717, 1.165) is 32.1 Å². The second-order valence-electron chi connectivity index (χ2n) is 12.1. The van der Waals surface area contributed by atoms with Crippen molar-refractivity contribution >= 4 is 11.9 Å². The van der Waals surface area contributed by atoms with Gasteiger partial charge < -0.3 is 14.6 Å². The predicted molar refractivity (Wildman–Crippen MR) is 214 cm³/mol. The summed E-state index contributed by atoms with van der Waals surface area (Å²) in [5.74, 6) is -0.986. The fraction of sp³-hybridized carbons (Fsp3) is 0.511. The number of unbranched alkanes of at least 4 members (excludes halogenated alkanes) is 11. The Morgan fingerprint density at radius 3 is 1.54 bits per heavy atom. The third-order valence-corrected chi connectivity index (χ3v) is 7.47. The summed E-state index contributed by atoms with van der Waals surface area (Å²) in [5, 5.41) is 9.51. The number of ether oxygens (including phenoxy) is 2. The van der Waals surface area contributed by atoms with Gasteiger partial charge in [0.2, 0.25) is 0 Å². The molecule has 0 saturated heterocycles. The third-order valence-electron chi connectivity index (χ3n) is 7.47. The molecule has 1 atom stereocenters. The molecule has 0 aliphatic carbocycles. The first-order valence-corrected chi connectivity index (χ1v) is 19.2. The summed E-state index contributed by atoms with van der Waals surface area (Å²) in [6.07, 6.45) is 58.8. The first-order valence-electron chi connectivity index (χ1n) is 19.2. The SMILES string of the molecule is CCCCC/C=C\C/C=C\C/C=C\C/C=C\CCCC(=O)O[C@@H](CO)COC(=O)C=CC=CC=CC=CC=CC=CCCCCCCCCC. The second kappa shape index (κ2) is 39.7. The molecule has 0 heterocycles. The van der Waals surface area contributed by atoms with E-state index in [9.17, 15) is 14.7 Å². The van der Waals surface area contributed by atoms with E-state index in [1.165, 1.54) is 76.7 Å². The van der Waals surface area contributed by atoms with Crippen LogP contribution in [0, 0.1) is 0 Å². The van der Waals surface area contributed by atoms with Gasteiger partial charge in [-0.25, -0.2) is 4.79 Å². The largest absolute Gasteiger partial charge is 0.458 e. The van der Waals surface area contributed by atoms with Gasteiger partial charge in [-0.1, -0.05) is 181 Å². The number of carbonyl (C=O) groups excluding carboxylic acids is 2. The molecule has 0 amide bonds. The van der Waals surface area contributed by atoms with E-state index in [2.05, 4.69) is 74.6 Å². The molecule has 0 unspecified atom stereocenters. The van der Waals surface area contributed by atoms with E-state index < -0.39 is 24.6 Å². The van der Waals surface area contributed by atoms with Gasteiger partial charge in [-0.2, -0.15) is 0 Å². The molecule has 0 radical (unpaired) electrons. The monoisotopic (exact) mass is 689 g/mol. The van der Waals surface area contributed by atoms with Crippen LogP contribution in [0.1, 0.15) is 129 Å². The molecule has 1 N–H and O–H groups in total. The Bertz CT molecular complexity index is 1100. The van der Waals surface area contributed by atoms with Crippen molar-refractivity contribution in [1.82, 2.24) is 0 Å². The number of rotatable bonds is 32. The van der Waals surface area contributed by atoms with Crippen molar-refractivity contribution in [3.63, 3.8) is 0 Å². The van der Waals surface area contributed by atoms with Crippen molar-refractivity contribution in [2.45, 2.75) is 136 Å². The zero-order valence-electron chi connectivity index (χ0n) is 31.3. The van der Waals surface area contributed by atoms with E-state index in [0.29, 0.717) is 6.42 Å². The van der Waals surface area contributed by atoms with Gasteiger partial charge in [0.25, 0.3) is 0 Å². The van der Waals surface area contributed by atoms with Crippen LogP contribution in [0.25, 0.3) is 0 Å². The van der Waals surface area contributed by atoms with Crippen LogP contribution in [0.3, 0.4) is 0 Å². The zero-order chi connectivity index (χ0) is 36.4. The van der Waals surface area contributed by atoms with Crippen molar-refractivity contribution in [1.29, 1.82) is 0 Å². The van der Waals surface area contributed by atoms with Gasteiger partial charge in [0.1, 0.15) is 6.61 Å². The first kappa shape index (κ1) is 46.3. The summed E-state index contributed by atoms with van der Waals surface area (Å²) < 4.78 is 10.4. The lowest BCUT2D eigenvalue weighted by molar-refractivity contribution is -0.159. The highest BCUT2D eigenvalue weighted by molar-refractivity contribution is 5.82. The van der Waals surface area contributed by atoms with E-state index in [1.54, 1.807) is 18.2 Å². The number of hydrogen-bond donors (Lipinski definition) is 1. The highest BCUT2D eigenvalue weighted by Crippen LogP contribution is 2.09. The number of hydrogen-bond acceptors (Lipinski definition) is 5. The Balaban J connectivity index is 3.95. The Kier molecular flexibility index (Phi) is 36.8. The summed E-state index contributed by atoms with van der Waals surface area (Å²) >= 11 is 0. The Hall–Kier alpha value is -3.70. The first-order chi connectivity index (χ1) is 24.6. The third kappa shape index (κ3) is 37.1. The number of carbonyl (C=O) groups is 2. The molecule has 5 heteroatoms. The molecule has 0 aliphatic rings. The molecule has 0 fully saturated rings. The summed E-state index contributed by atoms with van der Waals surface area (Å²) in [5.41, 5.74) is 0. The molecule has 278 valence electrons. The van der Waals surface area contributed by atoms with E-state index in [1.807, 2.05) is 36.5 Å². The smallest absolute Gasteiger partial charge is 0.330 e. The van der Waals surface area contributed by atoms with Gasteiger partial charge in [-0.05, 0) is 57.8 Å². The maximum atomic E-state index is 12.1. The maximum absolute atomic E-state index is 12.1. The molecule has 0 spiro atoms. The van der Waals surface area contributed by atoms with Crippen molar-refractivity contribution in [3.8, 4) is 0 Å². The van der Waals surface area contributed by atoms with Crippen LogP contribution in [0.2, 0.25) is 0 Å². The highest BCUT2D eigenvalue weighted by atomic mass is 16.6. The van der Waals surface area contributed by atoms with Crippen molar-refractivity contribution in [2.75, 3.05) is 13.2 Å². The van der Waals surface area contributed by atoms with Crippen molar-refractivity contribution in [3.05, 3.63) is 122 Å². The van der Waals surface area contributed by atoms with E-state index in [4.69, 9.17) is 9.47 Å². The fourth-order valence-corrected chi connectivity index (χ4v) is 4.56. The maximum Gasteiger partial charge on any atom is 0.330 e. The Morgan fingerprint density at radius 1 is 0.520 bits per heavy atom. The van der Waals surface area contributed by atoms with Crippen LogP contribution in [0.5, 0.6) is 0 Å². The molecule has 0 rings (SSSR count). The van der Waals surface area contributed by atoms with Gasteiger partial charge in [0, 0.05) is 12.5 Å². The molecule has 0 aliphatic heterocycles. The minimum atomic E-state index is -0.878. The number of aliphatic hydroxyl groups is 1. The zero-order valence-corrected chi connectivity index (χ0v) is 31.3. The number of aliphatic hydroxyl groups excluding tert-OH is 1. The predicted octanol–water partition coefficient (Wildman–Crippen LogP) is 12.1. The molecule has 0 aromatic carbocycles. The molecule has 50 heavy (non-hydrogen) atoms. The van der Waals surface area contributed by atoms with Crippen LogP contribution >= 0.6 is 0 Å². The molecule has 0 aromatic rings. The molecular weight excluding hydrogens is 620 g/mol. The van der Waals surface area contributed by atoms with Gasteiger partial charge in [-0.3, -0.25) is 4.79 Å². The van der Waals surface area contributed by atoms with E-state index >= 15 is 0 Å². The van der Waals surface area contributed by atoms with Gasteiger partial charge in [-0.15, -0.1) is 0 Å². The summed E-state index contributed by atoms with van der Waals surface area (Å²) in [7, 11) is 0. The second-order valence-corrected chi connectivity index (χ2v) is 12.1. The fourth-order valence-electron chi connectivity index (χ4n) is 4.56. The van der Waals surface area contributed by atoms with Gasteiger partial charge >= 0.3 is 11.9 Å². The standard InChI is InChI=1S/C45H68O5/c1-3-5-7-9-11-13-15-17-19-21-22-24-25-27-29-31-33-35-37-39-44(47)49-42-43(41-46)50-45(48)40-38-36-34-32-30-28-26-23-20-18-16-14-12-10-8-6-4-2/h12,14,18-22,24-29,31-35,37,39,43,46H,3-11,13,15-17,23,30,36,38,40-42H2,1-2H3/b14-12-,20-18-,21-19?,24-22?,27-25?,28-26-,31-29?,34-32-,35-33?,39-37?/t43-/m0/s1. The quantitative estimate of drug-likeness (QED) is 0.0250. The molecular formula is C45H68O5. The van der Waals surface area contributed by atoms with Crippen molar-refractivity contribution in [2.24, 2.45) is 0 Å². The topological polar surface area (TPSA) is 72.8 Å². The van der Waals surface area contributed by atoms with Gasteiger partial charge in [0.15, 0.2) is 6.10 Å². The summed E-state index contributed by atoms with van der Waals surface area (Å²) in [6, 6.07) is 0. The summed E-state index contributed by atoms with van der Waals surface area (Å²) in [4.78, 5) is 24.1. The van der Waals surface area contributed by atoms with Crippen LogP contribution in [0.4, 0.5) is 0 Å². The lowest BCUT2D eigenvalue weighted by atomic mass is 10.1. The molecule has 0 aromatic heterocycles. The average Bonchev–Trinajstić information content (AvgIpc) is 3.12. The number of esters is 2. The average molecular weight is 689 g/mol. The minimum Gasteiger partial charge on any atom is -0.458 e. The Labute approximate surface area is 305 Å². The highest BCUT2D eigenvalue weighted by Gasteiger charge is 2.15. The van der Waals surface area contributed by atoms with Crippen LogP contribution in [-0.4, -0.2) is 36.4 Å². The lowest BCUT2D eigenvalue weighted by Crippen LogP contribution is -2.28. The molecule has 5 nitrogen and oxygen atoms in total. The molecule has 0 bridgehead atoms. The normalized spacial score (nSPS) is 13.6. The van der Waals surface area contributed by atoms with Crippen LogP contribution in [0.15, 0.2) is 122 Å². The minimum absolute atomic E-state index is 0.196. The lowest BCUT2D eigenvalue weighted by Gasteiger charge is -2.15. The van der Waals surface area contributed by atoms with E-state index in [-0.39, 0.29) is 13.0 Å². The summed E-state index contributed by atoms with van der Waals surface area (Å²) in [6.45, 7) is 3.87. The Morgan fingerprint density at radius 2 is 0.960 bits per heavy atom.